The van der Waals surface area contributed by atoms with Crippen molar-refractivity contribution in [2.24, 2.45) is 0 Å². The lowest BCUT2D eigenvalue weighted by atomic mass is 9.90. The molecule has 2 aromatic rings. The molecule has 1 saturated heterocycles. The lowest BCUT2D eigenvalue weighted by Gasteiger charge is -2.34. The summed E-state index contributed by atoms with van der Waals surface area (Å²) >= 11 is 0. The molecule has 3 rings (SSSR count). The van der Waals surface area contributed by atoms with Crippen molar-refractivity contribution in [2.45, 2.75) is 39.2 Å². The van der Waals surface area contributed by atoms with Crippen LogP contribution in [0.1, 0.15) is 32.5 Å². The number of hydrogen-bond acceptors (Lipinski definition) is 5. The molecule has 25 heavy (non-hydrogen) atoms. The highest BCUT2D eigenvalue weighted by atomic mass is 16.2. The van der Waals surface area contributed by atoms with Gasteiger partial charge in [0.25, 0.3) is 11.5 Å². The van der Waals surface area contributed by atoms with Crippen LogP contribution in [0.3, 0.4) is 0 Å². The van der Waals surface area contributed by atoms with Crippen LogP contribution in [0, 0.1) is 6.92 Å². The molecule has 1 aliphatic rings. The van der Waals surface area contributed by atoms with E-state index < -0.39 is 17.0 Å². The van der Waals surface area contributed by atoms with E-state index in [2.05, 4.69) is 15.6 Å². The first-order chi connectivity index (χ1) is 11.7. The molecule has 8 heteroatoms. The van der Waals surface area contributed by atoms with E-state index in [4.69, 9.17) is 0 Å². The Morgan fingerprint density at radius 2 is 2.04 bits per heavy atom. The van der Waals surface area contributed by atoms with Crippen molar-refractivity contribution in [3.63, 3.8) is 0 Å². The van der Waals surface area contributed by atoms with Crippen LogP contribution in [0.5, 0.6) is 0 Å². The number of aryl methyl sites for hydroxylation is 1. The third-order valence-electron chi connectivity index (χ3n) is 4.45. The highest BCUT2D eigenvalue weighted by molar-refractivity contribution is 6.02. The van der Waals surface area contributed by atoms with Crippen molar-refractivity contribution in [1.82, 2.24) is 14.9 Å². The number of imide groups is 1. The van der Waals surface area contributed by atoms with E-state index in [1.54, 1.807) is 32.0 Å². The Morgan fingerprint density at radius 3 is 2.68 bits per heavy atom. The van der Waals surface area contributed by atoms with Crippen LogP contribution in [0.25, 0.3) is 10.9 Å². The second-order valence-electron chi connectivity index (χ2n) is 6.33. The van der Waals surface area contributed by atoms with Gasteiger partial charge in [-0.25, -0.2) is 4.98 Å². The highest BCUT2D eigenvalue weighted by Crippen LogP contribution is 2.28. The summed E-state index contributed by atoms with van der Waals surface area (Å²) in [7, 11) is 0. The van der Waals surface area contributed by atoms with Gasteiger partial charge in [0.2, 0.25) is 11.8 Å². The van der Waals surface area contributed by atoms with Crippen molar-refractivity contribution in [2.75, 3.05) is 5.32 Å². The molecule has 130 valence electrons. The molecular weight excluding hydrogens is 324 g/mol. The van der Waals surface area contributed by atoms with Gasteiger partial charge >= 0.3 is 0 Å². The summed E-state index contributed by atoms with van der Waals surface area (Å²) in [4.78, 5) is 53.0. The third-order valence-corrected chi connectivity index (χ3v) is 4.45. The van der Waals surface area contributed by atoms with E-state index in [0.29, 0.717) is 17.0 Å². The summed E-state index contributed by atoms with van der Waals surface area (Å²) in [6.45, 7) is 4.60. The number of benzene rings is 1. The first-order valence-electron chi connectivity index (χ1n) is 7.89. The van der Waals surface area contributed by atoms with Crippen LogP contribution in [0.2, 0.25) is 0 Å². The summed E-state index contributed by atoms with van der Waals surface area (Å²) in [5.41, 5.74) is -0.883. The van der Waals surface area contributed by atoms with E-state index in [1.807, 2.05) is 0 Å². The maximum absolute atomic E-state index is 13.2. The van der Waals surface area contributed by atoms with Gasteiger partial charge in [0.15, 0.2) is 0 Å². The first kappa shape index (κ1) is 16.8. The number of carbonyl (C=O) groups excluding carboxylic acids is 3. The van der Waals surface area contributed by atoms with Crippen LogP contribution < -0.4 is 16.2 Å². The minimum Gasteiger partial charge on any atom is -0.326 e. The van der Waals surface area contributed by atoms with Crippen molar-refractivity contribution in [3.05, 3.63) is 34.4 Å². The number of nitrogens with one attached hydrogen (secondary N) is 2. The maximum atomic E-state index is 13.2. The zero-order valence-corrected chi connectivity index (χ0v) is 14.2. The van der Waals surface area contributed by atoms with E-state index in [1.165, 1.54) is 11.5 Å². The molecule has 1 aliphatic heterocycles. The number of anilines is 1. The normalized spacial score (nSPS) is 20.4. The number of nitrogens with zero attached hydrogens (tertiary/aromatic N) is 2. The molecule has 2 N–H and O–H groups in total. The lowest BCUT2D eigenvalue weighted by molar-refractivity contribution is -0.140. The van der Waals surface area contributed by atoms with E-state index in [-0.39, 0.29) is 30.0 Å². The average molecular weight is 342 g/mol. The quantitative estimate of drug-likeness (QED) is 0.785. The van der Waals surface area contributed by atoms with Crippen molar-refractivity contribution in [1.29, 1.82) is 0 Å². The van der Waals surface area contributed by atoms with E-state index >= 15 is 0 Å². The van der Waals surface area contributed by atoms with Gasteiger partial charge in [0, 0.05) is 13.3 Å². The largest absolute Gasteiger partial charge is 0.326 e. The van der Waals surface area contributed by atoms with Gasteiger partial charge in [0.1, 0.15) is 11.4 Å². The average Bonchev–Trinajstić information content (AvgIpc) is 2.51. The summed E-state index contributed by atoms with van der Waals surface area (Å²) < 4.78 is 1.31. The first-order valence-corrected chi connectivity index (χ1v) is 7.89. The number of hydrogen-bond donors (Lipinski definition) is 2. The molecule has 1 aromatic carbocycles. The fourth-order valence-corrected chi connectivity index (χ4v) is 3.22. The minimum atomic E-state index is -1.22. The molecule has 0 saturated carbocycles. The summed E-state index contributed by atoms with van der Waals surface area (Å²) in [5, 5.41) is 5.14. The van der Waals surface area contributed by atoms with Crippen LogP contribution >= 0.6 is 0 Å². The number of fused-ring (bicyclic) bond motifs is 1. The van der Waals surface area contributed by atoms with Crippen molar-refractivity contribution >= 4 is 34.3 Å². The van der Waals surface area contributed by atoms with Gasteiger partial charge in [-0.15, -0.1) is 0 Å². The van der Waals surface area contributed by atoms with Crippen LogP contribution in [-0.2, 0) is 19.9 Å². The fourth-order valence-electron chi connectivity index (χ4n) is 3.22. The smallest absolute Gasteiger partial charge is 0.264 e. The molecule has 8 nitrogen and oxygen atoms in total. The molecule has 2 heterocycles. The Hall–Kier alpha value is -3.03. The fraction of sp³-hybridized carbons (Fsp3) is 0.353. The monoisotopic (exact) mass is 342 g/mol. The zero-order chi connectivity index (χ0) is 18.4. The Bertz CT molecular complexity index is 979. The number of amides is 3. The van der Waals surface area contributed by atoms with Crippen LogP contribution in [-0.4, -0.2) is 27.3 Å². The molecular formula is C17H18N4O4. The Balaban J connectivity index is 2.29. The molecule has 1 atom stereocenters. The number of rotatable bonds is 2. The summed E-state index contributed by atoms with van der Waals surface area (Å²) in [5.74, 6) is -0.844. The van der Waals surface area contributed by atoms with Gasteiger partial charge in [-0.3, -0.25) is 29.1 Å². The molecule has 1 fully saturated rings. The Labute approximate surface area is 143 Å². The molecule has 0 radical (unpaired) electrons. The van der Waals surface area contributed by atoms with Gasteiger partial charge in [-0.2, -0.15) is 0 Å². The van der Waals surface area contributed by atoms with Crippen LogP contribution in [0.15, 0.2) is 23.0 Å². The van der Waals surface area contributed by atoms with Crippen molar-refractivity contribution in [3.8, 4) is 0 Å². The van der Waals surface area contributed by atoms with Gasteiger partial charge in [0.05, 0.1) is 16.6 Å². The van der Waals surface area contributed by atoms with Crippen molar-refractivity contribution < 1.29 is 14.4 Å². The van der Waals surface area contributed by atoms with Gasteiger partial charge in [-0.1, -0.05) is 6.07 Å². The molecule has 0 bridgehead atoms. The minimum absolute atomic E-state index is 0.138. The highest BCUT2D eigenvalue weighted by Gasteiger charge is 2.42. The predicted octanol–water partition coefficient (Wildman–Crippen LogP) is 0.815. The van der Waals surface area contributed by atoms with Gasteiger partial charge in [-0.05, 0) is 32.4 Å². The SMILES string of the molecule is CC(=O)Nc1cccc2nc(C)n([C@]3(C)CCC(=O)NC3=O)c(=O)c12. The zero-order valence-electron chi connectivity index (χ0n) is 14.2. The maximum Gasteiger partial charge on any atom is 0.264 e. The van der Waals surface area contributed by atoms with E-state index in [9.17, 15) is 19.2 Å². The number of carbonyl (C=O) groups is 3. The molecule has 0 aliphatic carbocycles. The third kappa shape index (κ3) is 2.69. The molecule has 1 aromatic heterocycles. The lowest BCUT2D eigenvalue weighted by Crippen LogP contribution is -2.56. The molecule has 0 unspecified atom stereocenters. The predicted molar refractivity (Wildman–Crippen MR) is 91.1 cm³/mol. The van der Waals surface area contributed by atoms with Crippen LogP contribution in [0.4, 0.5) is 5.69 Å². The number of aromatic nitrogens is 2. The Morgan fingerprint density at radius 1 is 1.32 bits per heavy atom. The standard InChI is InChI=1S/C17H18N4O4/c1-9-18-11-5-4-6-12(19-10(2)22)14(11)15(24)21(9)17(3)8-7-13(23)20-16(17)25/h4-6H,7-8H2,1-3H3,(H,19,22)(H,20,23,25)/t17-/m1/s1. The second kappa shape index (κ2) is 5.80. The topological polar surface area (TPSA) is 110 Å². The molecule has 0 spiro atoms. The van der Waals surface area contributed by atoms with E-state index in [0.717, 1.165) is 0 Å². The number of piperidine rings is 1. The summed E-state index contributed by atoms with van der Waals surface area (Å²) in [6, 6.07) is 4.98. The van der Waals surface area contributed by atoms with Gasteiger partial charge < -0.3 is 5.32 Å². The summed E-state index contributed by atoms with van der Waals surface area (Å²) in [6.07, 6.45) is 0.341. The second-order valence-corrected chi connectivity index (χ2v) is 6.33. The Kier molecular flexibility index (Phi) is 3.90. The molecule has 3 amide bonds.